The number of aromatic nitrogens is 1. The maximum absolute atomic E-state index is 11.4. The lowest BCUT2D eigenvalue weighted by Gasteiger charge is -2.06. The fraction of sp³-hybridized carbons (Fsp3) is 0.545. The minimum Gasteiger partial charge on any atom is -0.360 e. The van der Waals surface area contributed by atoms with Crippen LogP contribution < -0.4 is 10.6 Å². The van der Waals surface area contributed by atoms with E-state index < -0.39 is 0 Å². The summed E-state index contributed by atoms with van der Waals surface area (Å²) in [6.07, 6.45) is 0.213. The molecule has 0 radical (unpaired) electrons. The lowest BCUT2D eigenvalue weighted by molar-refractivity contribution is -0.124. The van der Waals surface area contributed by atoms with Crippen LogP contribution in [0.5, 0.6) is 0 Å². The third-order valence-corrected chi connectivity index (χ3v) is 2.07. The summed E-state index contributed by atoms with van der Waals surface area (Å²) in [7, 11) is 0. The van der Waals surface area contributed by atoms with E-state index in [0.29, 0.717) is 18.1 Å². The molecule has 2 amide bonds. The van der Waals surface area contributed by atoms with Gasteiger partial charge >= 0.3 is 0 Å². The highest BCUT2D eigenvalue weighted by atomic mass is 16.5. The number of hydrogen-bond acceptors (Lipinski definition) is 4. The van der Waals surface area contributed by atoms with Gasteiger partial charge in [0.2, 0.25) is 11.8 Å². The molecule has 0 bridgehead atoms. The highest BCUT2D eigenvalue weighted by Crippen LogP contribution is 2.06. The Morgan fingerprint density at radius 3 is 2.71 bits per heavy atom. The number of anilines is 1. The van der Waals surface area contributed by atoms with Crippen LogP contribution in [0.3, 0.4) is 0 Å². The van der Waals surface area contributed by atoms with E-state index in [4.69, 9.17) is 4.52 Å². The maximum atomic E-state index is 11.4. The van der Waals surface area contributed by atoms with Crippen molar-refractivity contribution in [2.24, 2.45) is 5.92 Å². The summed E-state index contributed by atoms with van der Waals surface area (Å²) >= 11 is 0. The zero-order valence-corrected chi connectivity index (χ0v) is 10.2. The SMILES string of the molecule is Cc1cc(NC(=O)CCNC(=O)C(C)C)no1. The van der Waals surface area contributed by atoms with E-state index in [1.54, 1.807) is 26.8 Å². The number of aryl methyl sites for hydroxylation is 1. The summed E-state index contributed by atoms with van der Waals surface area (Å²) in [6, 6.07) is 1.63. The van der Waals surface area contributed by atoms with Gasteiger partial charge in [0.05, 0.1) is 0 Å². The van der Waals surface area contributed by atoms with Gasteiger partial charge in [0.15, 0.2) is 5.82 Å². The van der Waals surface area contributed by atoms with Crippen molar-refractivity contribution < 1.29 is 14.1 Å². The summed E-state index contributed by atoms with van der Waals surface area (Å²) in [5.41, 5.74) is 0. The van der Waals surface area contributed by atoms with Crippen LogP contribution in [0.1, 0.15) is 26.0 Å². The predicted molar refractivity (Wildman–Crippen MR) is 62.3 cm³/mol. The molecule has 0 unspecified atom stereocenters. The van der Waals surface area contributed by atoms with Crippen molar-refractivity contribution in [1.82, 2.24) is 10.5 Å². The standard InChI is InChI=1S/C11H17N3O3/c1-7(2)11(16)12-5-4-10(15)13-9-6-8(3)17-14-9/h6-7H,4-5H2,1-3H3,(H,12,16)(H,13,14,15). The Labute approximate surface area is 99.7 Å². The molecule has 6 heteroatoms. The number of nitrogens with one attached hydrogen (secondary N) is 2. The van der Waals surface area contributed by atoms with Crippen LogP contribution in [0.25, 0.3) is 0 Å². The molecule has 1 aromatic rings. The van der Waals surface area contributed by atoms with Gasteiger partial charge in [-0.3, -0.25) is 9.59 Å². The van der Waals surface area contributed by atoms with Crippen molar-refractivity contribution in [3.63, 3.8) is 0 Å². The molecule has 0 aliphatic rings. The molecule has 6 nitrogen and oxygen atoms in total. The highest BCUT2D eigenvalue weighted by molar-refractivity contribution is 5.90. The second-order valence-electron chi connectivity index (χ2n) is 4.07. The first kappa shape index (κ1) is 13.2. The summed E-state index contributed by atoms with van der Waals surface area (Å²) in [6.45, 7) is 5.66. The second kappa shape index (κ2) is 6.03. The van der Waals surface area contributed by atoms with E-state index in [0.717, 1.165) is 0 Å². The molecule has 17 heavy (non-hydrogen) atoms. The van der Waals surface area contributed by atoms with Crippen molar-refractivity contribution >= 4 is 17.6 Å². The average Bonchev–Trinajstić information content (AvgIpc) is 2.63. The monoisotopic (exact) mass is 239 g/mol. The first-order valence-corrected chi connectivity index (χ1v) is 5.50. The molecule has 0 aliphatic carbocycles. The number of carbonyl (C=O) groups is 2. The molecule has 1 heterocycles. The second-order valence-corrected chi connectivity index (χ2v) is 4.07. The number of amides is 2. The Kier molecular flexibility index (Phi) is 4.68. The van der Waals surface area contributed by atoms with Gasteiger partial charge in [-0.25, -0.2) is 0 Å². The van der Waals surface area contributed by atoms with E-state index in [1.165, 1.54) is 0 Å². The van der Waals surface area contributed by atoms with Gasteiger partial charge in [0.25, 0.3) is 0 Å². The molecule has 1 aromatic heterocycles. The molecule has 0 aliphatic heterocycles. The Balaban J connectivity index is 2.24. The molecule has 0 spiro atoms. The number of nitrogens with zero attached hydrogens (tertiary/aromatic N) is 1. The molecule has 94 valence electrons. The molecular formula is C11H17N3O3. The lowest BCUT2D eigenvalue weighted by atomic mass is 10.2. The van der Waals surface area contributed by atoms with E-state index >= 15 is 0 Å². The lowest BCUT2D eigenvalue weighted by Crippen LogP contribution is -2.30. The molecule has 0 saturated heterocycles. The Morgan fingerprint density at radius 1 is 1.47 bits per heavy atom. The fourth-order valence-electron chi connectivity index (χ4n) is 1.13. The van der Waals surface area contributed by atoms with Crippen LogP contribution in [0, 0.1) is 12.8 Å². The third-order valence-electron chi connectivity index (χ3n) is 2.07. The van der Waals surface area contributed by atoms with Gasteiger partial charge in [0, 0.05) is 24.9 Å². The first-order valence-electron chi connectivity index (χ1n) is 5.50. The van der Waals surface area contributed by atoms with E-state index in [1.807, 2.05) is 0 Å². The van der Waals surface area contributed by atoms with E-state index in [9.17, 15) is 9.59 Å². The van der Waals surface area contributed by atoms with Gasteiger partial charge in [-0.05, 0) is 6.92 Å². The van der Waals surface area contributed by atoms with Crippen LogP contribution in [-0.4, -0.2) is 23.5 Å². The minimum absolute atomic E-state index is 0.0601. The largest absolute Gasteiger partial charge is 0.360 e. The summed E-state index contributed by atoms with van der Waals surface area (Å²) in [5, 5.41) is 8.86. The third kappa shape index (κ3) is 4.67. The van der Waals surface area contributed by atoms with Crippen molar-refractivity contribution in [3.8, 4) is 0 Å². The van der Waals surface area contributed by atoms with Crippen LogP contribution in [0.2, 0.25) is 0 Å². The maximum Gasteiger partial charge on any atom is 0.227 e. The van der Waals surface area contributed by atoms with Gasteiger partial charge in [-0.1, -0.05) is 19.0 Å². The van der Waals surface area contributed by atoms with Crippen molar-refractivity contribution in [1.29, 1.82) is 0 Å². The molecule has 0 aromatic carbocycles. The zero-order valence-electron chi connectivity index (χ0n) is 10.2. The highest BCUT2D eigenvalue weighted by Gasteiger charge is 2.08. The summed E-state index contributed by atoms with van der Waals surface area (Å²) in [5.74, 6) is 0.685. The zero-order chi connectivity index (χ0) is 12.8. The molecule has 2 N–H and O–H groups in total. The van der Waals surface area contributed by atoms with Crippen LogP contribution in [0.15, 0.2) is 10.6 Å². The fourth-order valence-corrected chi connectivity index (χ4v) is 1.13. The minimum atomic E-state index is -0.206. The smallest absolute Gasteiger partial charge is 0.227 e. The molecule has 0 atom stereocenters. The van der Waals surface area contributed by atoms with E-state index in [2.05, 4.69) is 15.8 Å². The molecule has 0 fully saturated rings. The molecule has 1 rings (SSSR count). The topological polar surface area (TPSA) is 84.2 Å². The van der Waals surface area contributed by atoms with Crippen LogP contribution in [-0.2, 0) is 9.59 Å². The Morgan fingerprint density at radius 2 is 2.18 bits per heavy atom. The van der Waals surface area contributed by atoms with Crippen molar-refractivity contribution in [3.05, 3.63) is 11.8 Å². The van der Waals surface area contributed by atoms with Crippen LogP contribution in [0.4, 0.5) is 5.82 Å². The van der Waals surface area contributed by atoms with Crippen molar-refractivity contribution in [2.75, 3.05) is 11.9 Å². The van der Waals surface area contributed by atoms with Gasteiger partial charge < -0.3 is 15.2 Å². The first-order chi connectivity index (χ1) is 7.99. The number of rotatable bonds is 5. The van der Waals surface area contributed by atoms with Crippen molar-refractivity contribution in [2.45, 2.75) is 27.2 Å². The molecular weight excluding hydrogens is 222 g/mol. The van der Waals surface area contributed by atoms with Crippen LogP contribution >= 0.6 is 0 Å². The summed E-state index contributed by atoms with van der Waals surface area (Å²) < 4.78 is 4.81. The van der Waals surface area contributed by atoms with Gasteiger partial charge in [-0.2, -0.15) is 0 Å². The Bertz CT molecular complexity index is 398. The normalized spacial score (nSPS) is 10.4. The number of carbonyl (C=O) groups excluding carboxylic acids is 2. The quantitative estimate of drug-likeness (QED) is 0.805. The predicted octanol–water partition coefficient (Wildman–Crippen LogP) is 1.08. The van der Waals surface area contributed by atoms with E-state index in [-0.39, 0.29) is 24.2 Å². The summed E-state index contributed by atoms with van der Waals surface area (Å²) in [4.78, 5) is 22.6. The Hall–Kier alpha value is -1.85. The van der Waals surface area contributed by atoms with Gasteiger partial charge in [0.1, 0.15) is 5.76 Å². The average molecular weight is 239 g/mol. The molecule has 0 saturated carbocycles. The van der Waals surface area contributed by atoms with Gasteiger partial charge in [-0.15, -0.1) is 0 Å². The number of hydrogen-bond donors (Lipinski definition) is 2.